The van der Waals surface area contributed by atoms with Gasteiger partial charge in [0.05, 0.1) is 18.8 Å². The molecule has 0 radical (unpaired) electrons. The van der Waals surface area contributed by atoms with Crippen LogP contribution >= 0.6 is 0 Å². The van der Waals surface area contributed by atoms with Gasteiger partial charge in [-0.2, -0.15) is 0 Å². The van der Waals surface area contributed by atoms with E-state index in [1.807, 2.05) is 54.6 Å². The van der Waals surface area contributed by atoms with Gasteiger partial charge in [-0.3, -0.25) is 9.59 Å². The smallest absolute Gasteiger partial charge is 0.320 e. The maximum Gasteiger partial charge on any atom is 0.320 e. The van der Waals surface area contributed by atoms with E-state index in [4.69, 9.17) is 14.2 Å². The average molecular weight is 455 g/mol. The summed E-state index contributed by atoms with van der Waals surface area (Å²) in [6.07, 6.45) is 2.73. The van der Waals surface area contributed by atoms with E-state index in [2.05, 4.69) is 6.92 Å². The van der Waals surface area contributed by atoms with Gasteiger partial charge in [-0.05, 0) is 81.2 Å². The van der Waals surface area contributed by atoms with E-state index in [0.29, 0.717) is 37.9 Å². The Balaban J connectivity index is 1.69. The minimum atomic E-state index is -0.987. The lowest BCUT2D eigenvalue weighted by Crippen LogP contribution is -2.39. The molecule has 1 fully saturated rings. The summed E-state index contributed by atoms with van der Waals surface area (Å²) >= 11 is 0. The maximum absolute atomic E-state index is 12.4. The zero-order chi connectivity index (χ0) is 23.9. The molecule has 0 aromatic heterocycles. The Morgan fingerprint density at radius 3 is 2.03 bits per heavy atom. The third-order valence-electron chi connectivity index (χ3n) is 6.47. The highest BCUT2D eigenvalue weighted by atomic mass is 16.6. The Labute approximate surface area is 195 Å². The molecule has 1 aliphatic rings. The van der Waals surface area contributed by atoms with Gasteiger partial charge in [0.2, 0.25) is 0 Å². The van der Waals surface area contributed by atoms with Crippen LogP contribution in [0.5, 0.6) is 11.5 Å². The first-order valence-corrected chi connectivity index (χ1v) is 11.7. The van der Waals surface area contributed by atoms with E-state index in [-0.39, 0.29) is 18.6 Å². The molecule has 6 nitrogen and oxygen atoms in total. The Kier molecular flexibility index (Phi) is 8.14. The van der Waals surface area contributed by atoms with Gasteiger partial charge >= 0.3 is 11.9 Å². The molecule has 1 saturated carbocycles. The molecule has 3 rings (SSSR count). The largest absolute Gasteiger partial charge is 0.465 e. The Morgan fingerprint density at radius 1 is 0.879 bits per heavy atom. The Bertz CT molecular complexity index is 913. The molecule has 33 heavy (non-hydrogen) atoms. The Morgan fingerprint density at radius 2 is 1.45 bits per heavy atom. The van der Waals surface area contributed by atoms with Gasteiger partial charge in [-0.25, -0.2) is 0 Å². The van der Waals surface area contributed by atoms with Crippen LogP contribution in [0.25, 0.3) is 0 Å². The van der Waals surface area contributed by atoms with Gasteiger partial charge in [-0.15, -0.1) is 0 Å². The van der Waals surface area contributed by atoms with Crippen LogP contribution in [0, 0.1) is 11.3 Å². The summed E-state index contributed by atoms with van der Waals surface area (Å²) in [5, 5.41) is 11.4. The highest BCUT2D eigenvalue weighted by molar-refractivity contribution is 5.95. The molecule has 2 aromatic rings. The van der Waals surface area contributed by atoms with Crippen molar-refractivity contribution in [2.45, 2.75) is 58.5 Å². The first-order valence-electron chi connectivity index (χ1n) is 11.7. The van der Waals surface area contributed by atoms with Crippen LogP contribution in [0.4, 0.5) is 0 Å². The molecule has 2 aromatic carbocycles. The number of para-hydroxylation sites is 1. The topological polar surface area (TPSA) is 82.1 Å². The number of ether oxygens (including phenoxy) is 3. The van der Waals surface area contributed by atoms with Gasteiger partial charge in [-0.1, -0.05) is 37.3 Å². The van der Waals surface area contributed by atoms with E-state index in [0.717, 1.165) is 11.3 Å². The average Bonchev–Trinajstić information content (AvgIpc) is 2.81. The monoisotopic (exact) mass is 454 g/mol. The van der Waals surface area contributed by atoms with Crippen molar-refractivity contribution in [2.24, 2.45) is 11.3 Å². The molecular weight excluding hydrogens is 420 g/mol. The van der Waals surface area contributed by atoms with Gasteiger partial charge in [0.1, 0.15) is 11.5 Å². The summed E-state index contributed by atoms with van der Waals surface area (Å²) < 4.78 is 16.2. The van der Waals surface area contributed by atoms with Crippen molar-refractivity contribution in [3.8, 4) is 11.5 Å². The summed E-state index contributed by atoms with van der Waals surface area (Å²) in [7, 11) is 0. The zero-order valence-corrected chi connectivity index (χ0v) is 19.7. The minimum Gasteiger partial charge on any atom is -0.465 e. The molecule has 0 bridgehead atoms. The maximum atomic E-state index is 12.4. The fraction of sp³-hybridized carbons (Fsp3) is 0.481. The molecule has 0 unspecified atom stereocenters. The molecule has 0 heterocycles. The molecule has 0 aliphatic heterocycles. The van der Waals surface area contributed by atoms with Crippen molar-refractivity contribution in [1.29, 1.82) is 0 Å². The Hall–Kier alpha value is -2.86. The fourth-order valence-corrected chi connectivity index (χ4v) is 4.47. The summed E-state index contributed by atoms with van der Waals surface area (Å²) in [6.45, 7) is 5.93. The van der Waals surface area contributed by atoms with E-state index >= 15 is 0 Å². The predicted molar refractivity (Wildman–Crippen MR) is 125 cm³/mol. The quantitative estimate of drug-likeness (QED) is 0.405. The second kappa shape index (κ2) is 10.8. The van der Waals surface area contributed by atoms with Crippen LogP contribution < -0.4 is 4.74 Å². The van der Waals surface area contributed by atoms with Crippen LogP contribution in [-0.2, 0) is 24.7 Å². The highest BCUT2D eigenvalue weighted by Crippen LogP contribution is 2.49. The predicted octanol–water partition coefficient (Wildman–Crippen LogP) is 5.38. The molecule has 0 amide bonds. The van der Waals surface area contributed by atoms with Crippen LogP contribution in [0.2, 0.25) is 0 Å². The second-order valence-electron chi connectivity index (χ2n) is 9.05. The van der Waals surface area contributed by atoms with Crippen molar-refractivity contribution in [3.05, 3.63) is 60.2 Å². The van der Waals surface area contributed by atoms with Crippen molar-refractivity contribution in [1.82, 2.24) is 0 Å². The lowest BCUT2D eigenvalue weighted by Gasteiger charge is -2.43. The van der Waals surface area contributed by atoms with Gasteiger partial charge < -0.3 is 19.3 Å². The number of rotatable bonds is 9. The van der Waals surface area contributed by atoms with Crippen LogP contribution in [-0.4, -0.2) is 30.3 Å². The molecule has 0 atom stereocenters. The van der Waals surface area contributed by atoms with Crippen LogP contribution in [0.15, 0.2) is 54.6 Å². The molecule has 1 aliphatic carbocycles. The van der Waals surface area contributed by atoms with E-state index < -0.39 is 23.5 Å². The van der Waals surface area contributed by atoms with Crippen LogP contribution in [0.3, 0.4) is 0 Å². The van der Waals surface area contributed by atoms with Gasteiger partial charge in [0.25, 0.3) is 0 Å². The number of carbonyl (C=O) groups excluding carboxylic acids is 2. The number of esters is 2. The van der Waals surface area contributed by atoms with E-state index in [1.54, 1.807) is 13.8 Å². The number of aliphatic hydroxyl groups is 1. The van der Waals surface area contributed by atoms with Crippen molar-refractivity contribution in [2.75, 3.05) is 13.2 Å². The first kappa shape index (κ1) is 24.8. The molecule has 178 valence electrons. The summed E-state index contributed by atoms with van der Waals surface area (Å²) in [6, 6.07) is 17.1. The summed E-state index contributed by atoms with van der Waals surface area (Å²) in [4.78, 5) is 24.9. The summed E-state index contributed by atoms with van der Waals surface area (Å²) in [5.41, 5.74) is -0.460. The third kappa shape index (κ3) is 6.35. The number of benzene rings is 2. The highest BCUT2D eigenvalue weighted by Gasteiger charge is 2.44. The van der Waals surface area contributed by atoms with Gasteiger partial charge in [0, 0.05) is 0 Å². The zero-order valence-electron chi connectivity index (χ0n) is 19.7. The fourth-order valence-electron chi connectivity index (χ4n) is 4.47. The van der Waals surface area contributed by atoms with Gasteiger partial charge in [0.15, 0.2) is 5.92 Å². The molecular formula is C27H34O6. The molecule has 1 N–H and O–H groups in total. The number of hydrogen-bond donors (Lipinski definition) is 1. The minimum absolute atomic E-state index is 0.215. The number of hydrogen-bond acceptors (Lipinski definition) is 6. The lowest BCUT2D eigenvalue weighted by atomic mass is 9.64. The number of carbonyl (C=O) groups is 2. The van der Waals surface area contributed by atoms with Crippen molar-refractivity contribution >= 4 is 11.9 Å². The molecule has 0 spiro atoms. The van der Waals surface area contributed by atoms with Crippen LogP contribution in [0.1, 0.15) is 58.4 Å². The first-order chi connectivity index (χ1) is 15.8. The standard InChI is InChI=1S/C27H34O6/c1-4-31-24(28)23(25(29)32-5-2)19-26(3)14-16-27(30,17-15-26)20-10-9-13-22(18-20)33-21-11-7-6-8-12-21/h6-13,18,23,30H,4-5,14-17,19H2,1-3H3. The normalized spacial score (nSPS) is 22.6. The van der Waals surface area contributed by atoms with E-state index in [9.17, 15) is 14.7 Å². The summed E-state index contributed by atoms with van der Waals surface area (Å²) in [5.74, 6) is -0.608. The second-order valence-corrected chi connectivity index (χ2v) is 9.05. The van der Waals surface area contributed by atoms with E-state index in [1.165, 1.54) is 0 Å². The van der Waals surface area contributed by atoms with Crippen molar-refractivity contribution in [3.63, 3.8) is 0 Å². The molecule has 0 saturated heterocycles. The SMILES string of the molecule is CCOC(=O)C(CC1(C)CCC(O)(c2cccc(Oc3ccccc3)c2)CC1)C(=O)OCC. The third-order valence-corrected chi connectivity index (χ3v) is 6.47. The molecule has 6 heteroatoms. The lowest BCUT2D eigenvalue weighted by molar-refractivity contribution is -0.164. The van der Waals surface area contributed by atoms with Crippen molar-refractivity contribution < 1.29 is 28.9 Å².